The molecular weight excluding hydrogens is 799 g/mol. The number of hydrogen-bond acceptors (Lipinski definition) is 9. The number of ether oxygens (including phenoxy) is 3. The van der Waals surface area contributed by atoms with Crippen LogP contribution in [0.3, 0.4) is 0 Å². The molecule has 1 N–H and O–H groups in total. The van der Waals surface area contributed by atoms with Crippen LogP contribution in [0.15, 0.2) is 24.3 Å². The van der Waals surface area contributed by atoms with Crippen LogP contribution in [0.25, 0.3) is 0 Å². The molecule has 2 aliphatic heterocycles. The van der Waals surface area contributed by atoms with Crippen molar-refractivity contribution in [1.29, 1.82) is 0 Å². The van der Waals surface area contributed by atoms with Crippen LogP contribution in [0.5, 0.6) is 0 Å². The van der Waals surface area contributed by atoms with E-state index in [4.69, 9.17) is 14.2 Å². The molecule has 14 heteroatoms. The molecule has 0 aromatic heterocycles. The molecule has 2 saturated heterocycles. The number of benzene rings is 2. The van der Waals surface area contributed by atoms with E-state index in [1.165, 1.54) is 13.8 Å². The number of hydrogen-bond donors (Lipinski definition) is 1. The van der Waals surface area contributed by atoms with Crippen LogP contribution in [-0.4, -0.2) is 119 Å². The Hall–Kier alpha value is -5.18. The van der Waals surface area contributed by atoms with Gasteiger partial charge in [-0.05, 0) is 112 Å². The Morgan fingerprint density at radius 3 is 1.29 bits per heavy atom. The first-order valence-corrected chi connectivity index (χ1v) is 21.1. The Bertz CT molecular complexity index is 2070. The first-order valence-electron chi connectivity index (χ1n) is 21.1. The summed E-state index contributed by atoms with van der Waals surface area (Å²) in [6.07, 6.45) is -0.641. The van der Waals surface area contributed by atoms with Gasteiger partial charge >= 0.3 is 24.1 Å². The minimum absolute atomic E-state index is 0.235. The summed E-state index contributed by atoms with van der Waals surface area (Å²) in [7, 11) is 0. The van der Waals surface area contributed by atoms with Crippen LogP contribution in [0.1, 0.15) is 110 Å². The van der Waals surface area contributed by atoms with Gasteiger partial charge in [0.05, 0.1) is 17.7 Å². The molecule has 340 valence electrons. The predicted octanol–water partition coefficient (Wildman–Crippen LogP) is 7.78. The Labute approximate surface area is 367 Å². The highest BCUT2D eigenvalue weighted by atomic mass is 19.1. The summed E-state index contributed by atoms with van der Waals surface area (Å²) < 4.78 is 45.7. The maximum atomic E-state index is 15.0. The molecule has 62 heavy (non-hydrogen) atoms. The molecule has 2 heterocycles. The molecule has 2 aliphatic rings. The van der Waals surface area contributed by atoms with Crippen molar-refractivity contribution in [2.45, 2.75) is 114 Å². The number of piperazine rings is 2. The molecule has 0 aliphatic carbocycles. The molecule has 0 spiro atoms. The van der Waals surface area contributed by atoms with Crippen molar-refractivity contribution in [2.24, 2.45) is 10.8 Å². The van der Waals surface area contributed by atoms with Gasteiger partial charge in [-0.15, -0.1) is 0 Å². The average Bonchev–Trinajstić information content (AvgIpc) is 3.17. The SMILES string of the molecule is CCOC(=O)C(C)(C)C#Cc1c(CN2CCN(C(=O)OC(C)(C)C)CC2)ccc(C)c1F.Cc1ccc(CN2CCN(C(=O)OC(C)(C)C)CC2)c(C#CC(C)(C)C(=O)O)c1F. The third kappa shape index (κ3) is 15.3. The summed E-state index contributed by atoms with van der Waals surface area (Å²) in [6.45, 7) is 28.4. The van der Waals surface area contributed by atoms with Gasteiger partial charge in [0.2, 0.25) is 0 Å². The normalized spacial score (nSPS) is 15.2. The summed E-state index contributed by atoms with van der Waals surface area (Å²) in [5, 5.41) is 9.27. The fourth-order valence-corrected chi connectivity index (χ4v) is 6.14. The van der Waals surface area contributed by atoms with Gasteiger partial charge in [-0.25, -0.2) is 18.4 Å². The summed E-state index contributed by atoms with van der Waals surface area (Å²) in [5.41, 5.74) is -0.412. The number of amides is 2. The number of nitrogens with zero attached hydrogens (tertiary/aromatic N) is 4. The van der Waals surface area contributed by atoms with E-state index in [1.54, 1.807) is 56.6 Å². The van der Waals surface area contributed by atoms with E-state index in [0.29, 0.717) is 87.7 Å². The highest BCUT2D eigenvalue weighted by molar-refractivity contribution is 5.80. The summed E-state index contributed by atoms with van der Waals surface area (Å²) >= 11 is 0. The first-order chi connectivity index (χ1) is 28.6. The van der Waals surface area contributed by atoms with Crippen molar-refractivity contribution in [1.82, 2.24) is 19.6 Å². The van der Waals surface area contributed by atoms with E-state index in [9.17, 15) is 33.1 Å². The molecule has 12 nitrogen and oxygen atoms in total. The third-order valence-corrected chi connectivity index (χ3v) is 10.00. The van der Waals surface area contributed by atoms with Gasteiger partial charge in [0.1, 0.15) is 33.7 Å². The third-order valence-electron chi connectivity index (χ3n) is 10.00. The van der Waals surface area contributed by atoms with Crippen molar-refractivity contribution in [3.63, 3.8) is 0 Å². The molecule has 0 unspecified atom stereocenters. The lowest BCUT2D eigenvalue weighted by atomic mass is 9.93. The summed E-state index contributed by atoms with van der Waals surface area (Å²) in [6, 6.07) is 7.15. The average molecular weight is 865 g/mol. The zero-order chi connectivity index (χ0) is 46.8. The number of halogens is 2. The molecule has 0 bridgehead atoms. The zero-order valence-corrected chi connectivity index (χ0v) is 38.9. The van der Waals surface area contributed by atoms with Gasteiger partial charge in [0.25, 0.3) is 0 Å². The number of carbonyl (C=O) groups is 4. The number of carboxylic acids is 1. The van der Waals surface area contributed by atoms with Crippen LogP contribution in [0.2, 0.25) is 0 Å². The van der Waals surface area contributed by atoms with Gasteiger partial charge in [-0.3, -0.25) is 19.4 Å². The number of carbonyl (C=O) groups excluding carboxylic acids is 3. The second-order valence-corrected chi connectivity index (χ2v) is 18.7. The monoisotopic (exact) mass is 864 g/mol. The van der Waals surface area contributed by atoms with Gasteiger partial charge in [0, 0.05) is 65.4 Å². The summed E-state index contributed by atoms with van der Waals surface area (Å²) in [5.74, 6) is 8.98. The van der Waals surface area contributed by atoms with Crippen molar-refractivity contribution < 1.29 is 47.3 Å². The summed E-state index contributed by atoms with van der Waals surface area (Å²) in [4.78, 5) is 55.6. The smallest absolute Gasteiger partial charge is 0.410 e. The highest BCUT2D eigenvalue weighted by Crippen LogP contribution is 2.24. The lowest BCUT2D eigenvalue weighted by molar-refractivity contribution is -0.150. The number of aryl methyl sites for hydroxylation is 2. The lowest BCUT2D eigenvalue weighted by Gasteiger charge is -2.35. The van der Waals surface area contributed by atoms with E-state index >= 15 is 0 Å². The van der Waals surface area contributed by atoms with Crippen LogP contribution in [0, 0.1) is 60.0 Å². The molecule has 2 amide bonds. The Morgan fingerprint density at radius 1 is 0.613 bits per heavy atom. The van der Waals surface area contributed by atoms with Gasteiger partial charge in [-0.1, -0.05) is 47.9 Å². The first kappa shape index (κ1) is 51.2. The topological polar surface area (TPSA) is 129 Å². The Kier molecular flexibility index (Phi) is 17.6. The van der Waals surface area contributed by atoms with Crippen molar-refractivity contribution in [3.05, 3.63) is 69.3 Å². The lowest BCUT2D eigenvalue weighted by Crippen LogP contribution is -2.49. The number of rotatable bonds is 7. The minimum Gasteiger partial charge on any atom is -0.480 e. The second kappa shape index (κ2) is 21.3. The molecule has 4 rings (SSSR count). The Balaban J connectivity index is 0.000000331. The molecule has 0 saturated carbocycles. The van der Waals surface area contributed by atoms with Crippen LogP contribution in [-0.2, 0) is 36.9 Å². The van der Waals surface area contributed by atoms with E-state index in [1.807, 2.05) is 53.7 Å². The fourth-order valence-electron chi connectivity index (χ4n) is 6.14. The highest BCUT2D eigenvalue weighted by Gasteiger charge is 2.30. The molecule has 0 radical (unpaired) electrons. The fraction of sp³-hybridized carbons (Fsp3) is 0.583. The standard InChI is InChI=1S/C25H35FN2O4.C23H31FN2O4/c1-8-31-22(29)25(6,7)12-11-20-19(10-9-18(2)21(20)26)17-27-13-15-28(16-14-27)23(30)32-24(3,4)5;1-16-7-8-17(18(19(16)24)9-10-23(5,6)20(27)28)15-25-11-13-26(14-12-25)21(29)30-22(2,3)4/h9-10H,8,13-17H2,1-7H3;7-8H,11-15H2,1-6H3,(H,27,28). The van der Waals surface area contributed by atoms with E-state index in [0.717, 1.165) is 5.56 Å². The van der Waals surface area contributed by atoms with E-state index < -0.39 is 39.8 Å². The maximum absolute atomic E-state index is 15.0. The number of aliphatic carboxylic acids is 1. The largest absolute Gasteiger partial charge is 0.480 e. The van der Waals surface area contributed by atoms with Crippen LogP contribution >= 0.6 is 0 Å². The van der Waals surface area contributed by atoms with Crippen molar-refractivity contribution >= 4 is 24.1 Å². The number of esters is 1. The number of carboxylic acid groups (broad SMARTS) is 1. The zero-order valence-electron chi connectivity index (χ0n) is 38.9. The second-order valence-electron chi connectivity index (χ2n) is 18.7. The molecule has 2 aromatic carbocycles. The van der Waals surface area contributed by atoms with Crippen LogP contribution in [0.4, 0.5) is 18.4 Å². The molecular formula is C48H66F2N4O8. The molecule has 2 fully saturated rings. The van der Waals surface area contributed by atoms with Gasteiger partial charge in [0.15, 0.2) is 0 Å². The van der Waals surface area contributed by atoms with Crippen molar-refractivity contribution in [3.8, 4) is 23.7 Å². The van der Waals surface area contributed by atoms with Gasteiger partial charge in [-0.2, -0.15) is 0 Å². The van der Waals surface area contributed by atoms with Gasteiger partial charge < -0.3 is 29.1 Å². The predicted molar refractivity (Wildman–Crippen MR) is 234 cm³/mol. The van der Waals surface area contributed by atoms with Crippen molar-refractivity contribution in [2.75, 3.05) is 59.0 Å². The van der Waals surface area contributed by atoms with Crippen LogP contribution < -0.4 is 0 Å². The van der Waals surface area contributed by atoms with E-state index in [-0.39, 0.29) is 30.2 Å². The molecule has 2 aromatic rings. The Morgan fingerprint density at radius 2 is 0.968 bits per heavy atom. The van der Waals surface area contributed by atoms with E-state index in [2.05, 4.69) is 33.5 Å². The quantitative estimate of drug-likeness (QED) is 0.168. The maximum Gasteiger partial charge on any atom is 0.410 e. The minimum atomic E-state index is -1.27. The molecule has 0 atom stereocenters.